The molecule has 1 unspecified atom stereocenters. The number of amides is 1. The molecule has 1 atom stereocenters. The Labute approximate surface area is 112 Å². The van der Waals surface area contributed by atoms with Crippen LogP contribution in [0.15, 0.2) is 18.2 Å². The van der Waals surface area contributed by atoms with Gasteiger partial charge in [-0.1, -0.05) is 18.5 Å². The van der Waals surface area contributed by atoms with Crippen molar-refractivity contribution in [1.29, 1.82) is 0 Å². The molecule has 1 saturated heterocycles. The van der Waals surface area contributed by atoms with Gasteiger partial charge in [-0.05, 0) is 31.2 Å². The summed E-state index contributed by atoms with van der Waals surface area (Å²) in [6.45, 7) is 3.52. The van der Waals surface area contributed by atoms with Crippen molar-refractivity contribution in [2.75, 3.05) is 25.1 Å². The molecule has 18 heavy (non-hydrogen) atoms. The van der Waals surface area contributed by atoms with Crippen LogP contribution in [0.4, 0.5) is 5.69 Å². The van der Waals surface area contributed by atoms with Gasteiger partial charge in [0.25, 0.3) is 0 Å². The summed E-state index contributed by atoms with van der Waals surface area (Å²) >= 11 is 6.07. The van der Waals surface area contributed by atoms with Gasteiger partial charge in [0.2, 0.25) is 5.91 Å². The molecule has 1 fully saturated rings. The Balaban J connectivity index is 2.18. The second-order valence-electron chi connectivity index (χ2n) is 4.21. The number of methoxy groups -OCH3 is 1. The summed E-state index contributed by atoms with van der Waals surface area (Å²) in [7, 11) is 1.57. The van der Waals surface area contributed by atoms with Gasteiger partial charge in [0.05, 0.1) is 18.2 Å². The van der Waals surface area contributed by atoms with Crippen LogP contribution in [-0.2, 0) is 4.79 Å². The van der Waals surface area contributed by atoms with Crippen LogP contribution in [0.2, 0.25) is 5.02 Å². The molecule has 0 radical (unpaired) electrons. The van der Waals surface area contributed by atoms with E-state index in [1.165, 1.54) is 0 Å². The highest BCUT2D eigenvalue weighted by Gasteiger charge is 2.31. The monoisotopic (exact) mass is 268 g/mol. The summed E-state index contributed by atoms with van der Waals surface area (Å²) in [5.74, 6) is 0.730. The molecule has 0 bridgehead atoms. The van der Waals surface area contributed by atoms with Crippen molar-refractivity contribution in [1.82, 2.24) is 5.32 Å². The smallest absolute Gasteiger partial charge is 0.244 e. The molecule has 1 aliphatic heterocycles. The van der Waals surface area contributed by atoms with Gasteiger partial charge in [-0.15, -0.1) is 0 Å². The predicted molar refractivity (Wildman–Crippen MR) is 72.4 cm³/mol. The average molecular weight is 269 g/mol. The van der Waals surface area contributed by atoms with E-state index in [2.05, 4.69) is 5.32 Å². The van der Waals surface area contributed by atoms with E-state index in [1.807, 2.05) is 13.0 Å². The van der Waals surface area contributed by atoms with Gasteiger partial charge in [0, 0.05) is 12.2 Å². The average Bonchev–Trinajstić information content (AvgIpc) is 2.72. The second-order valence-corrected chi connectivity index (χ2v) is 4.61. The quantitative estimate of drug-likeness (QED) is 0.909. The largest absolute Gasteiger partial charge is 0.495 e. The van der Waals surface area contributed by atoms with Crippen molar-refractivity contribution in [2.24, 2.45) is 0 Å². The molecule has 1 aliphatic rings. The number of likely N-dealkylation sites (N-methyl/N-ethyl adjacent to an activating group) is 1. The normalized spacial score (nSPS) is 19.4. The lowest BCUT2D eigenvalue weighted by atomic mass is 10.2. The van der Waals surface area contributed by atoms with Crippen molar-refractivity contribution in [2.45, 2.75) is 19.4 Å². The van der Waals surface area contributed by atoms with Crippen LogP contribution in [0.5, 0.6) is 5.75 Å². The van der Waals surface area contributed by atoms with Gasteiger partial charge in [0.1, 0.15) is 5.75 Å². The SMILES string of the molecule is CCNC1CCN(c2ccc(OC)c(Cl)c2)C1=O. The maximum absolute atomic E-state index is 12.2. The third-order valence-corrected chi connectivity index (χ3v) is 3.40. The number of hydrogen-bond acceptors (Lipinski definition) is 3. The fourth-order valence-corrected chi connectivity index (χ4v) is 2.45. The maximum atomic E-state index is 12.2. The van der Waals surface area contributed by atoms with Crippen molar-refractivity contribution >= 4 is 23.2 Å². The minimum atomic E-state index is -0.0733. The van der Waals surface area contributed by atoms with E-state index >= 15 is 0 Å². The first-order valence-corrected chi connectivity index (χ1v) is 6.43. The lowest BCUT2D eigenvalue weighted by Crippen LogP contribution is -2.38. The van der Waals surface area contributed by atoms with Gasteiger partial charge >= 0.3 is 0 Å². The van der Waals surface area contributed by atoms with Gasteiger partial charge in [0.15, 0.2) is 0 Å². The summed E-state index contributed by atoms with van der Waals surface area (Å²) in [5, 5.41) is 3.71. The summed E-state index contributed by atoms with van der Waals surface area (Å²) in [4.78, 5) is 13.9. The number of anilines is 1. The number of halogens is 1. The zero-order chi connectivity index (χ0) is 13.1. The Hall–Kier alpha value is -1.26. The molecule has 1 aromatic carbocycles. The zero-order valence-electron chi connectivity index (χ0n) is 10.6. The van der Waals surface area contributed by atoms with E-state index in [9.17, 15) is 4.79 Å². The fourth-order valence-electron chi connectivity index (χ4n) is 2.20. The van der Waals surface area contributed by atoms with Crippen LogP contribution >= 0.6 is 11.6 Å². The summed E-state index contributed by atoms with van der Waals surface area (Å²) in [6.07, 6.45) is 0.830. The Morgan fingerprint density at radius 2 is 2.33 bits per heavy atom. The molecule has 1 N–H and O–H groups in total. The van der Waals surface area contributed by atoms with Crippen LogP contribution in [-0.4, -0.2) is 32.1 Å². The van der Waals surface area contributed by atoms with E-state index < -0.39 is 0 Å². The molecule has 1 aromatic rings. The first-order valence-electron chi connectivity index (χ1n) is 6.05. The van der Waals surface area contributed by atoms with E-state index in [0.29, 0.717) is 10.8 Å². The molecule has 2 rings (SSSR count). The van der Waals surface area contributed by atoms with Crippen molar-refractivity contribution in [3.63, 3.8) is 0 Å². The Morgan fingerprint density at radius 3 is 2.94 bits per heavy atom. The lowest BCUT2D eigenvalue weighted by molar-refractivity contribution is -0.118. The minimum Gasteiger partial charge on any atom is -0.495 e. The number of carbonyl (C=O) groups excluding carboxylic acids is 1. The first kappa shape index (κ1) is 13.2. The topological polar surface area (TPSA) is 41.6 Å². The van der Waals surface area contributed by atoms with Crippen LogP contribution in [0.1, 0.15) is 13.3 Å². The summed E-state index contributed by atoms with van der Waals surface area (Å²) in [5.41, 5.74) is 0.825. The molecule has 0 aromatic heterocycles. The zero-order valence-corrected chi connectivity index (χ0v) is 11.3. The van der Waals surface area contributed by atoms with Crippen molar-refractivity contribution in [3.8, 4) is 5.75 Å². The predicted octanol–water partition coefficient (Wildman–Crippen LogP) is 2.06. The second kappa shape index (κ2) is 5.59. The molecule has 0 saturated carbocycles. The van der Waals surface area contributed by atoms with Crippen molar-refractivity contribution in [3.05, 3.63) is 23.2 Å². The number of nitrogens with one attached hydrogen (secondary N) is 1. The number of nitrogens with zero attached hydrogens (tertiary/aromatic N) is 1. The molecule has 1 heterocycles. The molecule has 5 heteroatoms. The van der Waals surface area contributed by atoms with Crippen molar-refractivity contribution < 1.29 is 9.53 Å². The number of hydrogen-bond donors (Lipinski definition) is 1. The van der Waals surface area contributed by atoms with Crippen LogP contribution in [0.3, 0.4) is 0 Å². The summed E-state index contributed by atoms with van der Waals surface area (Å²) < 4.78 is 5.10. The van der Waals surface area contributed by atoms with Gasteiger partial charge in [-0.2, -0.15) is 0 Å². The first-order chi connectivity index (χ1) is 8.67. The van der Waals surface area contributed by atoms with E-state index in [1.54, 1.807) is 24.1 Å². The van der Waals surface area contributed by atoms with E-state index in [4.69, 9.17) is 16.3 Å². The standard InChI is InChI=1S/C13H17ClN2O2/c1-3-15-11-6-7-16(13(11)17)9-4-5-12(18-2)10(14)8-9/h4-5,8,11,15H,3,6-7H2,1-2H3. The highest BCUT2D eigenvalue weighted by atomic mass is 35.5. The molecular weight excluding hydrogens is 252 g/mol. The minimum absolute atomic E-state index is 0.0733. The highest BCUT2D eigenvalue weighted by molar-refractivity contribution is 6.32. The Bertz CT molecular complexity index is 451. The molecule has 1 amide bonds. The van der Waals surface area contributed by atoms with Crippen LogP contribution in [0.25, 0.3) is 0 Å². The highest BCUT2D eigenvalue weighted by Crippen LogP contribution is 2.31. The van der Waals surface area contributed by atoms with Gasteiger partial charge < -0.3 is 15.0 Å². The lowest BCUT2D eigenvalue weighted by Gasteiger charge is -2.18. The van der Waals surface area contributed by atoms with E-state index in [-0.39, 0.29) is 11.9 Å². The Kier molecular flexibility index (Phi) is 4.09. The molecular formula is C13H17ClN2O2. The number of ether oxygens (including phenoxy) is 1. The maximum Gasteiger partial charge on any atom is 0.244 e. The number of rotatable bonds is 4. The molecule has 0 spiro atoms. The third-order valence-electron chi connectivity index (χ3n) is 3.10. The molecule has 98 valence electrons. The summed E-state index contributed by atoms with van der Waals surface area (Å²) in [6, 6.07) is 5.34. The van der Waals surface area contributed by atoms with Crippen LogP contribution in [0, 0.1) is 0 Å². The fraction of sp³-hybridized carbons (Fsp3) is 0.462. The van der Waals surface area contributed by atoms with Gasteiger partial charge in [-0.3, -0.25) is 4.79 Å². The van der Waals surface area contributed by atoms with Gasteiger partial charge in [-0.25, -0.2) is 0 Å². The Morgan fingerprint density at radius 1 is 1.56 bits per heavy atom. The molecule has 0 aliphatic carbocycles. The molecule has 4 nitrogen and oxygen atoms in total. The number of benzene rings is 1. The number of carbonyl (C=O) groups is 1. The van der Waals surface area contributed by atoms with Crippen LogP contribution < -0.4 is 15.0 Å². The third kappa shape index (κ3) is 2.44. The van der Waals surface area contributed by atoms with E-state index in [0.717, 1.165) is 25.2 Å².